The van der Waals surface area contributed by atoms with Crippen LogP contribution < -0.4 is 0 Å². The van der Waals surface area contributed by atoms with Gasteiger partial charge in [0.05, 0.1) is 0 Å². The van der Waals surface area contributed by atoms with Crippen LogP contribution in [0.2, 0.25) is 0 Å². The van der Waals surface area contributed by atoms with Crippen LogP contribution in [0.1, 0.15) is 86.5 Å². The maximum absolute atomic E-state index is 13.4. The minimum atomic E-state index is -0.0184. The number of hydrogen-bond acceptors (Lipinski definition) is 2. The number of hydrogen-bond donors (Lipinski definition) is 0. The lowest BCUT2D eigenvalue weighted by atomic mass is 9.46. The normalized spacial score (nSPS) is 34.4. The van der Waals surface area contributed by atoms with E-state index in [-0.39, 0.29) is 11.0 Å². The summed E-state index contributed by atoms with van der Waals surface area (Å²) in [6.45, 7) is 18.1. The third kappa shape index (κ3) is 3.15. The molecule has 1 heterocycles. The largest absolute Gasteiger partial charge is 0.340 e. The van der Waals surface area contributed by atoms with Crippen molar-refractivity contribution in [2.75, 3.05) is 26.2 Å². The molecule has 0 radical (unpaired) electrons. The number of rotatable bonds is 3. The molecule has 25 heavy (non-hydrogen) atoms. The molecule has 3 aliphatic carbocycles. The number of carbonyl (C=O) groups is 1. The zero-order valence-corrected chi connectivity index (χ0v) is 17.6. The van der Waals surface area contributed by atoms with Gasteiger partial charge in [0.2, 0.25) is 5.91 Å². The molecule has 0 aromatic heterocycles. The molecule has 144 valence electrons. The van der Waals surface area contributed by atoms with Crippen molar-refractivity contribution in [2.24, 2.45) is 16.2 Å². The zero-order valence-electron chi connectivity index (χ0n) is 17.6. The first-order chi connectivity index (χ1) is 11.6. The summed E-state index contributed by atoms with van der Waals surface area (Å²) in [5, 5.41) is 0. The monoisotopic (exact) mass is 348 g/mol. The maximum atomic E-state index is 13.4. The fourth-order valence-corrected chi connectivity index (χ4v) is 5.71. The van der Waals surface area contributed by atoms with Crippen molar-refractivity contribution in [2.45, 2.75) is 92.0 Å². The predicted molar refractivity (Wildman–Crippen MR) is 105 cm³/mol. The topological polar surface area (TPSA) is 23.6 Å². The summed E-state index contributed by atoms with van der Waals surface area (Å²) in [4.78, 5) is 18.2. The van der Waals surface area contributed by atoms with Crippen LogP contribution in [0.5, 0.6) is 0 Å². The maximum Gasteiger partial charge on any atom is 0.228 e. The van der Waals surface area contributed by atoms with E-state index < -0.39 is 0 Å². The molecule has 4 rings (SSSR count). The van der Waals surface area contributed by atoms with Crippen molar-refractivity contribution in [3.8, 4) is 0 Å². The smallest absolute Gasteiger partial charge is 0.228 e. The lowest BCUT2D eigenvalue weighted by Crippen LogP contribution is -2.60. The first-order valence-electron chi connectivity index (χ1n) is 10.6. The second kappa shape index (κ2) is 6.25. The quantitative estimate of drug-likeness (QED) is 0.737. The summed E-state index contributed by atoms with van der Waals surface area (Å²) >= 11 is 0. The Balaban J connectivity index is 1.63. The lowest BCUT2D eigenvalue weighted by molar-refractivity contribution is -0.160. The third-order valence-electron chi connectivity index (χ3n) is 8.58. The van der Waals surface area contributed by atoms with Crippen molar-refractivity contribution >= 4 is 5.91 Å². The summed E-state index contributed by atoms with van der Waals surface area (Å²) in [5.41, 5.74) is 1.10. The molecule has 1 saturated heterocycles. The Labute approximate surface area is 155 Å². The van der Waals surface area contributed by atoms with E-state index in [2.05, 4.69) is 51.3 Å². The second-order valence-corrected chi connectivity index (χ2v) is 10.8. The molecule has 0 aromatic rings. The van der Waals surface area contributed by atoms with E-state index in [0.29, 0.717) is 16.7 Å². The standard InChI is InChI=1S/C22H40N2O/c1-7-20(5,6)24-16-14-23(15-17-24)18(25)21-8-11-22(12-9-21,13-10-21)19(2,3)4/h7-17H2,1-6H3. The molecule has 0 unspecified atom stereocenters. The Hall–Kier alpha value is -0.570. The first-order valence-corrected chi connectivity index (χ1v) is 10.6. The van der Waals surface area contributed by atoms with Gasteiger partial charge in [0.15, 0.2) is 0 Å². The number of piperazine rings is 1. The van der Waals surface area contributed by atoms with E-state index in [1.807, 2.05) is 0 Å². The summed E-state index contributed by atoms with van der Waals surface area (Å²) < 4.78 is 0. The van der Waals surface area contributed by atoms with Gasteiger partial charge in [0, 0.05) is 37.1 Å². The lowest BCUT2D eigenvalue weighted by Gasteiger charge is -2.59. The van der Waals surface area contributed by atoms with E-state index in [0.717, 1.165) is 45.4 Å². The van der Waals surface area contributed by atoms with Gasteiger partial charge in [0.1, 0.15) is 0 Å². The van der Waals surface area contributed by atoms with Crippen molar-refractivity contribution < 1.29 is 4.79 Å². The van der Waals surface area contributed by atoms with Crippen LogP contribution in [0.25, 0.3) is 0 Å². The molecule has 3 nitrogen and oxygen atoms in total. The Morgan fingerprint density at radius 1 is 0.840 bits per heavy atom. The van der Waals surface area contributed by atoms with Crippen LogP contribution in [0.15, 0.2) is 0 Å². The van der Waals surface area contributed by atoms with E-state index in [9.17, 15) is 4.79 Å². The molecule has 3 saturated carbocycles. The van der Waals surface area contributed by atoms with Gasteiger partial charge in [-0.3, -0.25) is 9.69 Å². The molecule has 3 heteroatoms. The molecule has 0 atom stereocenters. The van der Waals surface area contributed by atoms with Crippen molar-refractivity contribution in [3.05, 3.63) is 0 Å². The summed E-state index contributed by atoms with van der Waals surface area (Å²) in [6, 6.07) is 0. The summed E-state index contributed by atoms with van der Waals surface area (Å²) in [5.74, 6) is 0.490. The molecule has 1 aliphatic heterocycles. The van der Waals surface area contributed by atoms with Crippen LogP contribution >= 0.6 is 0 Å². The van der Waals surface area contributed by atoms with Crippen LogP contribution in [-0.2, 0) is 4.79 Å². The highest BCUT2D eigenvalue weighted by Crippen LogP contribution is 2.63. The van der Waals surface area contributed by atoms with Gasteiger partial charge in [-0.15, -0.1) is 0 Å². The summed E-state index contributed by atoms with van der Waals surface area (Å²) in [6.07, 6.45) is 8.32. The number of amides is 1. The Morgan fingerprint density at radius 2 is 1.32 bits per heavy atom. The second-order valence-electron chi connectivity index (χ2n) is 10.8. The zero-order chi connectivity index (χ0) is 18.5. The van der Waals surface area contributed by atoms with Crippen LogP contribution in [0, 0.1) is 16.2 Å². The van der Waals surface area contributed by atoms with E-state index >= 15 is 0 Å². The van der Waals surface area contributed by atoms with E-state index in [1.54, 1.807) is 0 Å². The van der Waals surface area contributed by atoms with Gasteiger partial charge in [0.25, 0.3) is 0 Å². The number of carbonyl (C=O) groups excluding carboxylic acids is 1. The Kier molecular flexibility index (Phi) is 4.80. The minimum absolute atomic E-state index is 0.0184. The average Bonchev–Trinajstić information content (AvgIpc) is 2.62. The fraction of sp³-hybridized carbons (Fsp3) is 0.955. The van der Waals surface area contributed by atoms with Crippen molar-refractivity contribution in [3.63, 3.8) is 0 Å². The highest BCUT2D eigenvalue weighted by Gasteiger charge is 2.56. The molecular formula is C22H40N2O. The van der Waals surface area contributed by atoms with Crippen LogP contribution in [0.4, 0.5) is 0 Å². The molecular weight excluding hydrogens is 308 g/mol. The van der Waals surface area contributed by atoms with E-state index in [4.69, 9.17) is 0 Å². The van der Waals surface area contributed by atoms with Crippen LogP contribution in [0.3, 0.4) is 0 Å². The third-order valence-corrected chi connectivity index (χ3v) is 8.58. The molecule has 4 aliphatic rings. The molecule has 4 fully saturated rings. The molecule has 0 N–H and O–H groups in total. The van der Waals surface area contributed by atoms with E-state index in [1.165, 1.54) is 25.7 Å². The summed E-state index contributed by atoms with van der Waals surface area (Å²) in [7, 11) is 0. The van der Waals surface area contributed by atoms with Gasteiger partial charge >= 0.3 is 0 Å². The predicted octanol–water partition coefficient (Wildman–Crippen LogP) is 4.71. The van der Waals surface area contributed by atoms with Gasteiger partial charge in [-0.2, -0.15) is 0 Å². The number of fused-ring (bicyclic) bond motifs is 3. The van der Waals surface area contributed by atoms with Gasteiger partial charge in [-0.05, 0) is 69.6 Å². The van der Waals surface area contributed by atoms with Gasteiger partial charge < -0.3 is 4.90 Å². The van der Waals surface area contributed by atoms with Gasteiger partial charge in [-0.1, -0.05) is 27.7 Å². The minimum Gasteiger partial charge on any atom is -0.340 e. The Morgan fingerprint density at radius 3 is 1.72 bits per heavy atom. The van der Waals surface area contributed by atoms with Crippen molar-refractivity contribution in [1.82, 2.24) is 9.80 Å². The average molecular weight is 349 g/mol. The Bertz CT molecular complexity index is 484. The highest BCUT2D eigenvalue weighted by atomic mass is 16.2. The molecule has 1 amide bonds. The molecule has 2 bridgehead atoms. The van der Waals surface area contributed by atoms with Crippen molar-refractivity contribution in [1.29, 1.82) is 0 Å². The van der Waals surface area contributed by atoms with Crippen LogP contribution in [-0.4, -0.2) is 47.4 Å². The molecule has 0 aromatic carbocycles. The number of nitrogens with zero attached hydrogens (tertiary/aromatic N) is 2. The highest BCUT2D eigenvalue weighted by molar-refractivity contribution is 5.83. The first kappa shape index (κ1) is 19.2. The fourth-order valence-electron chi connectivity index (χ4n) is 5.71. The molecule has 0 spiro atoms. The SMILES string of the molecule is CCC(C)(C)N1CCN(C(=O)C23CCC(C(C)(C)C)(CC2)CC3)CC1. The van der Waals surface area contributed by atoms with Gasteiger partial charge in [-0.25, -0.2) is 0 Å².